The lowest BCUT2D eigenvalue weighted by Crippen LogP contribution is -2.30. The van der Waals surface area contributed by atoms with Crippen molar-refractivity contribution in [1.82, 2.24) is 9.88 Å². The molecular formula is C23H23N3O3. The number of rotatable bonds is 6. The highest BCUT2D eigenvalue weighted by molar-refractivity contribution is 6.36. The average Bonchev–Trinajstić information content (AvgIpc) is 3.19. The first kappa shape index (κ1) is 19.0. The minimum atomic E-state index is -0.0796. The number of methoxy groups -OCH3 is 1. The largest absolute Gasteiger partial charge is 0.383 e. The Morgan fingerprint density at radius 2 is 1.90 bits per heavy atom. The molecule has 0 bridgehead atoms. The SMILES string of the molecule is COCCNC(=O)Cn1cc(/C=C2/C(=O)N(C)c3ccccc32)c2ccccc21. The number of amides is 2. The Morgan fingerprint density at radius 3 is 2.72 bits per heavy atom. The summed E-state index contributed by atoms with van der Waals surface area (Å²) in [5.41, 5.74) is 4.36. The van der Waals surface area contributed by atoms with Crippen LogP contribution in [-0.2, 0) is 20.9 Å². The highest BCUT2D eigenvalue weighted by Crippen LogP contribution is 2.37. The summed E-state index contributed by atoms with van der Waals surface area (Å²) in [4.78, 5) is 26.8. The number of anilines is 1. The minimum absolute atomic E-state index is 0.0275. The number of aromatic nitrogens is 1. The highest BCUT2D eigenvalue weighted by Gasteiger charge is 2.29. The van der Waals surface area contributed by atoms with Crippen LogP contribution in [0.3, 0.4) is 0 Å². The van der Waals surface area contributed by atoms with E-state index in [9.17, 15) is 9.59 Å². The van der Waals surface area contributed by atoms with Crippen molar-refractivity contribution in [1.29, 1.82) is 0 Å². The van der Waals surface area contributed by atoms with Crippen LogP contribution in [0.4, 0.5) is 5.69 Å². The smallest absolute Gasteiger partial charge is 0.258 e. The number of hydrogen-bond acceptors (Lipinski definition) is 3. The van der Waals surface area contributed by atoms with Gasteiger partial charge in [-0.2, -0.15) is 0 Å². The molecule has 0 saturated heterocycles. The van der Waals surface area contributed by atoms with Crippen LogP contribution in [0.15, 0.2) is 54.7 Å². The second kappa shape index (κ2) is 7.93. The highest BCUT2D eigenvalue weighted by atomic mass is 16.5. The van der Waals surface area contributed by atoms with E-state index in [2.05, 4.69) is 5.32 Å². The van der Waals surface area contributed by atoms with Gasteiger partial charge in [0.1, 0.15) is 6.54 Å². The third-order valence-electron chi connectivity index (χ3n) is 5.15. The Bertz CT molecular complexity index is 1110. The molecule has 2 amide bonds. The lowest BCUT2D eigenvalue weighted by atomic mass is 10.0. The van der Waals surface area contributed by atoms with Gasteiger partial charge in [0.25, 0.3) is 5.91 Å². The summed E-state index contributed by atoms with van der Waals surface area (Å²) < 4.78 is 6.89. The van der Waals surface area contributed by atoms with Crippen LogP contribution in [0.2, 0.25) is 0 Å². The molecule has 29 heavy (non-hydrogen) atoms. The molecule has 0 fully saturated rings. The maximum atomic E-state index is 12.8. The number of para-hydroxylation sites is 2. The van der Waals surface area contributed by atoms with Crippen LogP contribution in [0.25, 0.3) is 22.6 Å². The predicted molar refractivity (Wildman–Crippen MR) is 115 cm³/mol. The Morgan fingerprint density at radius 1 is 1.14 bits per heavy atom. The summed E-state index contributed by atoms with van der Waals surface area (Å²) in [7, 11) is 3.39. The van der Waals surface area contributed by atoms with Gasteiger partial charge in [0.05, 0.1) is 12.3 Å². The molecule has 2 heterocycles. The molecule has 0 atom stereocenters. The Kier molecular flexibility index (Phi) is 5.18. The number of nitrogens with one attached hydrogen (secondary N) is 1. The Labute approximate surface area is 169 Å². The first-order valence-electron chi connectivity index (χ1n) is 9.53. The molecule has 2 aromatic carbocycles. The lowest BCUT2D eigenvalue weighted by molar-refractivity contribution is -0.121. The number of fused-ring (bicyclic) bond motifs is 2. The quantitative estimate of drug-likeness (QED) is 0.521. The van der Waals surface area contributed by atoms with Gasteiger partial charge in [-0.05, 0) is 18.2 Å². The van der Waals surface area contributed by atoms with Crippen molar-refractivity contribution in [3.05, 3.63) is 65.9 Å². The van der Waals surface area contributed by atoms with Gasteiger partial charge in [0, 0.05) is 54.5 Å². The molecule has 0 unspecified atom stereocenters. The maximum Gasteiger partial charge on any atom is 0.258 e. The molecule has 0 spiro atoms. The summed E-state index contributed by atoms with van der Waals surface area (Å²) in [6.45, 7) is 1.16. The van der Waals surface area contributed by atoms with E-state index in [1.54, 1.807) is 19.1 Å². The van der Waals surface area contributed by atoms with E-state index in [1.807, 2.05) is 65.4 Å². The molecule has 0 radical (unpaired) electrons. The van der Waals surface area contributed by atoms with Crippen molar-refractivity contribution in [3.63, 3.8) is 0 Å². The van der Waals surface area contributed by atoms with E-state index in [1.165, 1.54) is 0 Å². The predicted octanol–water partition coefficient (Wildman–Crippen LogP) is 2.92. The third kappa shape index (κ3) is 3.54. The van der Waals surface area contributed by atoms with Crippen LogP contribution >= 0.6 is 0 Å². The zero-order chi connectivity index (χ0) is 20.4. The van der Waals surface area contributed by atoms with E-state index in [0.717, 1.165) is 27.7 Å². The average molecular weight is 389 g/mol. The third-order valence-corrected chi connectivity index (χ3v) is 5.15. The number of carbonyl (C=O) groups excluding carboxylic acids is 2. The Balaban J connectivity index is 1.71. The zero-order valence-electron chi connectivity index (χ0n) is 16.5. The molecule has 3 aromatic rings. The van der Waals surface area contributed by atoms with Gasteiger partial charge < -0.3 is 19.5 Å². The molecule has 1 aliphatic heterocycles. The van der Waals surface area contributed by atoms with Gasteiger partial charge in [-0.3, -0.25) is 9.59 Å². The molecule has 6 heteroatoms. The summed E-state index contributed by atoms with van der Waals surface area (Å²) in [5, 5.41) is 3.85. The Hall–Kier alpha value is -3.38. The fourth-order valence-electron chi connectivity index (χ4n) is 3.72. The van der Waals surface area contributed by atoms with E-state index >= 15 is 0 Å². The number of hydrogen-bond donors (Lipinski definition) is 1. The second-order valence-electron chi connectivity index (χ2n) is 7.01. The fraction of sp³-hybridized carbons (Fsp3) is 0.217. The van der Waals surface area contributed by atoms with E-state index in [0.29, 0.717) is 18.7 Å². The molecule has 1 N–H and O–H groups in total. The van der Waals surface area contributed by atoms with Gasteiger partial charge in [0.2, 0.25) is 5.91 Å². The minimum Gasteiger partial charge on any atom is -0.383 e. The molecule has 6 nitrogen and oxygen atoms in total. The number of likely N-dealkylation sites (N-methyl/N-ethyl adjacent to an activating group) is 1. The summed E-state index contributed by atoms with van der Waals surface area (Å²) in [6, 6.07) is 15.7. The monoisotopic (exact) mass is 389 g/mol. The summed E-state index contributed by atoms with van der Waals surface area (Å²) >= 11 is 0. The molecule has 0 aliphatic carbocycles. The van der Waals surface area contributed by atoms with Crippen LogP contribution in [0.1, 0.15) is 11.1 Å². The van der Waals surface area contributed by atoms with Crippen molar-refractivity contribution in [2.75, 3.05) is 32.2 Å². The van der Waals surface area contributed by atoms with Gasteiger partial charge in [-0.25, -0.2) is 0 Å². The second-order valence-corrected chi connectivity index (χ2v) is 7.01. The lowest BCUT2D eigenvalue weighted by Gasteiger charge is -2.07. The van der Waals surface area contributed by atoms with Gasteiger partial charge >= 0.3 is 0 Å². The topological polar surface area (TPSA) is 63.6 Å². The summed E-state index contributed by atoms with van der Waals surface area (Å²) in [6.07, 6.45) is 3.86. The van der Waals surface area contributed by atoms with Crippen LogP contribution in [0, 0.1) is 0 Å². The van der Waals surface area contributed by atoms with E-state index < -0.39 is 0 Å². The van der Waals surface area contributed by atoms with Crippen molar-refractivity contribution >= 4 is 40.1 Å². The molecule has 4 rings (SSSR count). The van der Waals surface area contributed by atoms with Crippen LogP contribution in [0.5, 0.6) is 0 Å². The standard InChI is InChI=1S/C23H23N3O3/c1-25-20-9-5-4-8-18(20)19(23(25)28)13-16-14-26(15-22(27)24-11-12-29-2)21-10-6-3-7-17(16)21/h3-10,13-14H,11-12,15H2,1-2H3,(H,24,27)/b19-13+. The molecular weight excluding hydrogens is 366 g/mol. The normalized spacial score (nSPS) is 14.6. The van der Waals surface area contributed by atoms with Crippen LogP contribution < -0.4 is 10.2 Å². The summed E-state index contributed by atoms with van der Waals surface area (Å²) in [5.74, 6) is -0.107. The van der Waals surface area contributed by atoms with Crippen molar-refractivity contribution < 1.29 is 14.3 Å². The molecule has 148 valence electrons. The number of carbonyl (C=O) groups is 2. The van der Waals surface area contributed by atoms with Gasteiger partial charge in [-0.15, -0.1) is 0 Å². The first-order chi connectivity index (χ1) is 14.1. The van der Waals surface area contributed by atoms with Gasteiger partial charge in [0.15, 0.2) is 0 Å². The van der Waals surface area contributed by atoms with Crippen molar-refractivity contribution in [3.8, 4) is 0 Å². The maximum absolute atomic E-state index is 12.8. The number of ether oxygens (including phenoxy) is 1. The van der Waals surface area contributed by atoms with Crippen molar-refractivity contribution in [2.24, 2.45) is 0 Å². The van der Waals surface area contributed by atoms with Crippen LogP contribution in [-0.4, -0.2) is 43.7 Å². The van der Waals surface area contributed by atoms with E-state index in [4.69, 9.17) is 4.74 Å². The molecule has 0 saturated carbocycles. The van der Waals surface area contributed by atoms with Crippen molar-refractivity contribution in [2.45, 2.75) is 6.54 Å². The number of benzene rings is 2. The molecule has 1 aromatic heterocycles. The number of nitrogens with zero attached hydrogens (tertiary/aromatic N) is 2. The first-order valence-corrected chi connectivity index (χ1v) is 9.53. The fourth-order valence-corrected chi connectivity index (χ4v) is 3.72. The zero-order valence-corrected chi connectivity index (χ0v) is 16.5. The van der Waals surface area contributed by atoms with Gasteiger partial charge in [-0.1, -0.05) is 36.4 Å². The van der Waals surface area contributed by atoms with E-state index in [-0.39, 0.29) is 18.4 Å². The molecule has 1 aliphatic rings.